The van der Waals surface area contributed by atoms with Gasteiger partial charge in [0.1, 0.15) is 5.69 Å². The van der Waals surface area contributed by atoms with Crippen molar-refractivity contribution in [2.24, 2.45) is 10.8 Å². The first kappa shape index (κ1) is 34.0. The number of imidazole rings is 2. The van der Waals surface area contributed by atoms with Crippen LogP contribution in [0.4, 0.5) is 11.9 Å². The molecule has 0 amide bonds. The third kappa shape index (κ3) is 8.04. The number of aromatic nitrogens is 8. The highest BCUT2D eigenvalue weighted by molar-refractivity contribution is 5.87. The van der Waals surface area contributed by atoms with Crippen LogP contribution >= 0.6 is 0 Å². The molecule has 0 radical (unpaired) electrons. The molecule has 4 aliphatic rings. The molecule has 2 aliphatic carbocycles. The van der Waals surface area contributed by atoms with Gasteiger partial charge in [0.05, 0.1) is 45.2 Å². The van der Waals surface area contributed by atoms with Gasteiger partial charge in [-0.3, -0.25) is 0 Å². The first-order chi connectivity index (χ1) is 23.6. The summed E-state index contributed by atoms with van der Waals surface area (Å²) < 4.78 is 11.5. The summed E-state index contributed by atoms with van der Waals surface area (Å²) in [6, 6.07) is 0. The summed E-state index contributed by atoms with van der Waals surface area (Å²) in [5, 5.41) is 9.02. The van der Waals surface area contributed by atoms with Gasteiger partial charge in [0.15, 0.2) is 5.69 Å². The van der Waals surface area contributed by atoms with Crippen LogP contribution in [-0.2, 0) is 22.6 Å². The fourth-order valence-corrected chi connectivity index (χ4v) is 5.90. The van der Waals surface area contributed by atoms with Crippen LogP contribution in [0.5, 0.6) is 0 Å². The zero-order valence-electron chi connectivity index (χ0n) is 28.6. The minimum Gasteiger partial charge on any atom is -0.461 e. The lowest BCUT2D eigenvalue weighted by Crippen LogP contribution is -2.49. The smallest absolute Gasteiger partial charge is 0.358 e. The molecule has 2 saturated carbocycles. The average molecular weight is 673 g/mol. The molecule has 15 nitrogen and oxygen atoms in total. The van der Waals surface area contributed by atoms with Crippen LogP contribution < -0.4 is 9.80 Å². The summed E-state index contributed by atoms with van der Waals surface area (Å²) in [7, 11) is 0. The molecule has 4 fully saturated rings. The third-order valence-electron chi connectivity index (χ3n) is 9.36. The van der Waals surface area contributed by atoms with Crippen molar-refractivity contribution in [1.82, 2.24) is 39.5 Å². The van der Waals surface area contributed by atoms with E-state index in [1.165, 1.54) is 38.2 Å². The number of carbonyl (C=O) groups excluding carboxylic acids is 2. The van der Waals surface area contributed by atoms with E-state index in [2.05, 4.69) is 49.4 Å². The summed E-state index contributed by atoms with van der Waals surface area (Å²) in [5.74, 6) is 0.889. The molecule has 0 unspecified atom stereocenters. The van der Waals surface area contributed by atoms with Crippen LogP contribution in [0.15, 0.2) is 37.4 Å². The van der Waals surface area contributed by atoms with Crippen LogP contribution in [0.1, 0.15) is 83.0 Å². The molecule has 0 aromatic carbocycles. The second kappa shape index (κ2) is 14.3. The van der Waals surface area contributed by atoms with Gasteiger partial charge in [-0.2, -0.15) is 0 Å². The van der Waals surface area contributed by atoms with Gasteiger partial charge in [-0.25, -0.2) is 39.5 Å². The Morgan fingerprint density at radius 1 is 0.816 bits per heavy atom. The summed E-state index contributed by atoms with van der Waals surface area (Å²) >= 11 is 0. The highest BCUT2D eigenvalue weighted by Gasteiger charge is 2.53. The number of hydrogen-bond donors (Lipinski definition) is 2. The number of nitrogens with one attached hydrogen (secondary N) is 1. The van der Waals surface area contributed by atoms with Crippen molar-refractivity contribution in [3.63, 3.8) is 0 Å². The monoisotopic (exact) mass is 672 g/mol. The molecule has 15 heteroatoms. The molecule has 49 heavy (non-hydrogen) atoms. The van der Waals surface area contributed by atoms with E-state index in [4.69, 9.17) is 9.84 Å². The lowest BCUT2D eigenvalue weighted by molar-refractivity contribution is 0.0510. The van der Waals surface area contributed by atoms with Gasteiger partial charge in [-0.15, -0.1) is 0 Å². The molecular formula is C34H44N10O5. The van der Waals surface area contributed by atoms with Gasteiger partial charge in [0.25, 0.3) is 0 Å². The molecule has 0 bridgehead atoms. The van der Waals surface area contributed by atoms with Gasteiger partial charge in [0.2, 0.25) is 11.9 Å². The van der Waals surface area contributed by atoms with E-state index in [0.717, 1.165) is 60.6 Å². The van der Waals surface area contributed by atoms with Gasteiger partial charge in [0, 0.05) is 78.1 Å². The fourth-order valence-electron chi connectivity index (χ4n) is 5.90. The molecule has 2 aliphatic heterocycles. The van der Waals surface area contributed by atoms with Crippen molar-refractivity contribution in [2.75, 3.05) is 49.2 Å². The van der Waals surface area contributed by atoms with E-state index in [0.29, 0.717) is 42.0 Å². The van der Waals surface area contributed by atoms with E-state index in [-0.39, 0.29) is 12.6 Å². The number of esters is 2. The molecule has 6 heterocycles. The first-order valence-electron chi connectivity index (χ1n) is 16.8. The molecule has 2 N–H and O–H groups in total. The molecule has 260 valence electrons. The number of aliphatic hydroxyl groups is 1. The Morgan fingerprint density at radius 2 is 1.37 bits per heavy atom. The van der Waals surface area contributed by atoms with Crippen molar-refractivity contribution < 1.29 is 24.2 Å². The number of anilines is 2. The van der Waals surface area contributed by atoms with Crippen molar-refractivity contribution in [2.45, 2.75) is 66.5 Å². The number of hydrogen-bond acceptors (Lipinski definition) is 13. The fraction of sp³-hybridized carbons (Fsp3) is 0.529. The minimum atomic E-state index is -0.397. The quantitative estimate of drug-likeness (QED) is 0.248. The number of rotatable bonds is 9. The van der Waals surface area contributed by atoms with Crippen LogP contribution in [0.2, 0.25) is 0 Å². The number of carbonyl (C=O) groups is 2. The summed E-state index contributed by atoms with van der Waals surface area (Å²) in [6.45, 7) is 13.2. The normalized spacial score (nSPS) is 17.2. The van der Waals surface area contributed by atoms with Gasteiger partial charge < -0.3 is 33.9 Å². The summed E-state index contributed by atoms with van der Waals surface area (Å²) in [5.41, 5.74) is 5.63. The van der Waals surface area contributed by atoms with E-state index in [1.54, 1.807) is 32.6 Å². The SMILES string of the molecule is CCOC(=O)c1cn(Cc2cnc(N3CC4(CC4)C3)nc2C)cn1.CCOC(=O)c1cnc[nH]1.Cc1nc(N2CC3(CC3)C2)ncc1CO. The topological polar surface area (TPSA) is 177 Å². The standard InChI is InChI=1S/C17H21N5O2.C11H15N3O.C6H8N2O2/c1-3-24-15(23)14-8-21(11-19-14)7-13-6-18-16(20-12(13)2)22-9-17(10-22)4-5-17;1-8-9(5-15)4-12-10(13-8)14-6-11(7-14)2-3-11;1-2-10-6(9)5-3-7-4-8-5/h6,8,11H,3-5,7,9-10H2,1-2H3;4,15H,2-3,5-7H2,1H3;3-4H,2H2,1H3,(H,7,8). The second-order valence-electron chi connectivity index (χ2n) is 13.3. The largest absolute Gasteiger partial charge is 0.461 e. The van der Waals surface area contributed by atoms with Crippen molar-refractivity contribution >= 4 is 23.8 Å². The van der Waals surface area contributed by atoms with Crippen molar-refractivity contribution in [3.05, 3.63) is 71.3 Å². The predicted octanol–water partition coefficient (Wildman–Crippen LogP) is 3.27. The Kier molecular flexibility index (Phi) is 9.90. The highest BCUT2D eigenvalue weighted by Crippen LogP contribution is 2.54. The van der Waals surface area contributed by atoms with E-state index >= 15 is 0 Å². The Bertz CT molecular complexity index is 1750. The number of aliphatic hydroxyl groups excluding tert-OH is 1. The maximum atomic E-state index is 11.7. The molecule has 2 saturated heterocycles. The van der Waals surface area contributed by atoms with Crippen LogP contribution in [0.3, 0.4) is 0 Å². The number of ether oxygens (including phenoxy) is 2. The zero-order chi connectivity index (χ0) is 34.6. The maximum Gasteiger partial charge on any atom is 0.358 e. The molecule has 2 spiro atoms. The third-order valence-corrected chi connectivity index (χ3v) is 9.36. The number of H-pyrrole nitrogens is 1. The van der Waals surface area contributed by atoms with E-state index < -0.39 is 5.97 Å². The molecule has 0 atom stereocenters. The number of aromatic amines is 1. The van der Waals surface area contributed by atoms with Crippen molar-refractivity contribution in [3.8, 4) is 0 Å². The van der Waals surface area contributed by atoms with E-state index in [9.17, 15) is 9.59 Å². The molecule has 4 aromatic heterocycles. The van der Waals surface area contributed by atoms with E-state index in [1.807, 2.05) is 24.6 Å². The summed E-state index contributed by atoms with van der Waals surface area (Å²) in [6.07, 6.45) is 15.2. The first-order valence-corrected chi connectivity index (χ1v) is 16.8. The van der Waals surface area contributed by atoms with Gasteiger partial charge >= 0.3 is 11.9 Å². The van der Waals surface area contributed by atoms with Gasteiger partial charge in [-0.05, 0) is 53.4 Å². The zero-order valence-corrected chi connectivity index (χ0v) is 28.6. The van der Waals surface area contributed by atoms with Crippen LogP contribution in [-0.4, -0.2) is 95.9 Å². The van der Waals surface area contributed by atoms with Crippen LogP contribution in [0.25, 0.3) is 0 Å². The van der Waals surface area contributed by atoms with Crippen molar-refractivity contribution in [1.29, 1.82) is 0 Å². The molecule has 4 aromatic rings. The second-order valence-corrected chi connectivity index (χ2v) is 13.3. The predicted molar refractivity (Wildman–Crippen MR) is 179 cm³/mol. The Balaban J connectivity index is 0.000000142. The Morgan fingerprint density at radius 3 is 1.84 bits per heavy atom. The molecule has 8 rings (SSSR count). The summed E-state index contributed by atoms with van der Waals surface area (Å²) in [4.78, 5) is 55.2. The lowest BCUT2D eigenvalue weighted by Gasteiger charge is -2.40. The number of nitrogens with zero attached hydrogens (tertiary/aromatic N) is 9. The highest BCUT2D eigenvalue weighted by atomic mass is 16.5. The maximum absolute atomic E-state index is 11.7. The Labute approximate surface area is 285 Å². The lowest BCUT2D eigenvalue weighted by atomic mass is 9.98. The molecular weight excluding hydrogens is 628 g/mol. The van der Waals surface area contributed by atoms with Crippen LogP contribution in [0, 0.1) is 24.7 Å². The van der Waals surface area contributed by atoms with Gasteiger partial charge in [-0.1, -0.05) is 0 Å². The Hall–Kier alpha value is -4.92. The average Bonchev–Trinajstić information content (AvgIpc) is 3.93. The minimum absolute atomic E-state index is 0.0239. The number of aryl methyl sites for hydroxylation is 2.